The van der Waals surface area contributed by atoms with Crippen LogP contribution in [0.5, 0.6) is 0 Å². The van der Waals surface area contributed by atoms with Crippen LogP contribution in [0.2, 0.25) is 0 Å². The quantitative estimate of drug-likeness (QED) is 0.652. The molecule has 0 radical (unpaired) electrons. The van der Waals surface area contributed by atoms with Crippen molar-refractivity contribution in [1.82, 2.24) is 14.7 Å². The first-order valence-corrected chi connectivity index (χ1v) is 11.1. The van der Waals surface area contributed by atoms with Crippen molar-refractivity contribution >= 4 is 17.8 Å². The fourth-order valence-corrected chi connectivity index (χ4v) is 4.40. The maximum atomic E-state index is 13.1. The van der Waals surface area contributed by atoms with Gasteiger partial charge < -0.3 is 19.4 Å². The third-order valence-corrected chi connectivity index (χ3v) is 6.23. The molecule has 1 aromatic carbocycles. The van der Waals surface area contributed by atoms with Gasteiger partial charge in [0.05, 0.1) is 12.2 Å². The Labute approximate surface area is 184 Å². The highest BCUT2D eigenvalue weighted by Crippen LogP contribution is 2.37. The summed E-state index contributed by atoms with van der Waals surface area (Å²) in [5, 5.41) is 0. The number of esters is 1. The summed E-state index contributed by atoms with van der Waals surface area (Å²) in [6, 6.07) is 7.85. The molecule has 2 amide bonds. The molecule has 3 rings (SSSR count). The molecular formula is C24H33N3O4. The molecule has 0 saturated carbocycles. The van der Waals surface area contributed by atoms with E-state index in [0.29, 0.717) is 24.4 Å². The Hall–Kier alpha value is -2.67. The van der Waals surface area contributed by atoms with Gasteiger partial charge in [-0.1, -0.05) is 36.8 Å². The van der Waals surface area contributed by atoms with E-state index < -0.39 is 5.97 Å². The minimum absolute atomic E-state index is 0.0414. The number of hydrogen-bond acceptors (Lipinski definition) is 5. The lowest BCUT2D eigenvalue weighted by atomic mass is 9.83. The number of likely N-dealkylation sites (N-methyl/N-ethyl adjacent to an activating group) is 1. The van der Waals surface area contributed by atoms with Gasteiger partial charge in [-0.2, -0.15) is 0 Å². The SMILES string of the molecule is CCOC(=O)C1=C(C)N(CC(=O)N2CCN(CC)CC2)C(=O)CC1c1cccc(C)c1. The molecule has 7 heteroatoms. The van der Waals surface area contributed by atoms with Gasteiger partial charge >= 0.3 is 5.97 Å². The number of nitrogens with zero attached hydrogens (tertiary/aromatic N) is 3. The van der Waals surface area contributed by atoms with Gasteiger partial charge in [0.2, 0.25) is 11.8 Å². The van der Waals surface area contributed by atoms with Crippen LogP contribution in [0.15, 0.2) is 35.5 Å². The van der Waals surface area contributed by atoms with Crippen molar-refractivity contribution in [3.63, 3.8) is 0 Å². The molecule has 31 heavy (non-hydrogen) atoms. The van der Waals surface area contributed by atoms with Gasteiger partial charge in [0, 0.05) is 44.2 Å². The molecule has 2 aliphatic rings. The standard InChI is InChI=1S/C24H33N3O4/c1-5-25-10-12-26(13-11-25)22(29)16-27-18(4)23(24(30)31-6-2)20(15-21(27)28)19-9-7-8-17(3)14-19/h7-9,14,20H,5-6,10-13,15-16H2,1-4H3. The Morgan fingerprint density at radius 2 is 1.81 bits per heavy atom. The van der Waals surface area contributed by atoms with E-state index in [2.05, 4.69) is 11.8 Å². The molecule has 2 aliphatic heterocycles. The summed E-state index contributed by atoms with van der Waals surface area (Å²) in [7, 11) is 0. The second kappa shape index (κ2) is 10.1. The van der Waals surface area contributed by atoms with Crippen LogP contribution in [0.1, 0.15) is 44.2 Å². The van der Waals surface area contributed by atoms with Crippen molar-refractivity contribution < 1.29 is 19.1 Å². The van der Waals surface area contributed by atoms with E-state index in [1.54, 1.807) is 13.8 Å². The van der Waals surface area contributed by atoms with Gasteiger partial charge in [0.1, 0.15) is 6.54 Å². The lowest BCUT2D eigenvalue weighted by Crippen LogP contribution is -2.52. The zero-order chi connectivity index (χ0) is 22.5. The topological polar surface area (TPSA) is 70.2 Å². The van der Waals surface area contributed by atoms with Crippen LogP contribution in [-0.2, 0) is 19.1 Å². The molecular weight excluding hydrogens is 394 g/mol. The molecule has 2 heterocycles. The van der Waals surface area contributed by atoms with E-state index in [9.17, 15) is 14.4 Å². The minimum Gasteiger partial charge on any atom is -0.463 e. The molecule has 1 fully saturated rings. The number of aryl methyl sites for hydroxylation is 1. The molecule has 1 saturated heterocycles. The highest BCUT2D eigenvalue weighted by molar-refractivity contribution is 5.97. The number of benzene rings is 1. The second-order valence-electron chi connectivity index (χ2n) is 8.19. The summed E-state index contributed by atoms with van der Waals surface area (Å²) in [5.74, 6) is -1.02. The van der Waals surface area contributed by atoms with Gasteiger partial charge in [0.25, 0.3) is 0 Å². The van der Waals surface area contributed by atoms with Crippen molar-refractivity contribution in [2.75, 3.05) is 45.9 Å². The van der Waals surface area contributed by atoms with Gasteiger partial charge in [-0.15, -0.1) is 0 Å². The summed E-state index contributed by atoms with van der Waals surface area (Å²) >= 11 is 0. The van der Waals surface area contributed by atoms with Crippen molar-refractivity contribution in [2.45, 2.75) is 40.0 Å². The molecule has 168 valence electrons. The second-order valence-corrected chi connectivity index (χ2v) is 8.19. The molecule has 1 aromatic rings. The number of piperazine rings is 1. The molecule has 0 aromatic heterocycles. The number of carbonyl (C=O) groups excluding carboxylic acids is 3. The fraction of sp³-hybridized carbons (Fsp3) is 0.542. The Kier molecular flexibility index (Phi) is 7.49. The van der Waals surface area contributed by atoms with Gasteiger partial charge in [-0.25, -0.2) is 4.79 Å². The smallest absolute Gasteiger partial charge is 0.336 e. The third-order valence-electron chi connectivity index (χ3n) is 6.23. The Morgan fingerprint density at radius 1 is 1.10 bits per heavy atom. The van der Waals surface area contributed by atoms with Crippen LogP contribution in [-0.4, -0.2) is 78.4 Å². The van der Waals surface area contributed by atoms with Gasteiger partial charge in [-0.05, 0) is 32.9 Å². The maximum Gasteiger partial charge on any atom is 0.336 e. The molecule has 1 atom stereocenters. The molecule has 1 unspecified atom stereocenters. The van der Waals surface area contributed by atoms with Gasteiger partial charge in [0.15, 0.2) is 0 Å². The molecule has 0 spiro atoms. The van der Waals surface area contributed by atoms with Gasteiger partial charge in [-0.3, -0.25) is 9.59 Å². The zero-order valence-electron chi connectivity index (χ0n) is 19.0. The highest BCUT2D eigenvalue weighted by Gasteiger charge is 2.38. The maximum absolute atomic E-state index is 13.1. The summed E-state index contributed by atoms with van der Waals surface area (Å²) in [5.41, 5.74) is 2.96. The van der Waals surface area contributed by atoms with Crippen LogP contribution in [0, 0.1) is 6.92 Å². The van der Waals surface area contributed by atoms with E-state index in [1.165, 1.54) is 4.90 Å². The highest BCUT2D eigenvalue weighted by atomic mass is 16.5. The van der Waals surface area contributed by atoms with E-state index in [-0.39, 0.29) is 37.3 Å². The van der Waals surface area contributed by atoms with E-state index in [0.717, 1.165) is 30.8 Å². The number of rotatable bonds is 6. The predicted molar refractivity (Wildman–Crippen MR) is 118 cm³/mol. The number of amides is 2. The zero-order valence-corrected chi connectivity index (χ0v) is 19.0. The summed E-state index contributed by atoms with van der Waals surface area (Å²) in [6.07, 6.45) is 0.145. The van der Waals surface area contributed by atoms with Crippen LogP contribution in [0.25, 0.3) is 0 Å². The summed E-state index contributed by atoms with van der Waals surface area (Å²) in [4.78, 5) is 44.4. The lowest BCUT2D eigenvalue weighted by Gasteiger charge is -2.37. The molecule has 7 nitrogen and oxygen atoms in total. The minimum atomic E-state index is -0.423. The number of allylic oxidation sites excluding steroid dienone is 1. The number of carbonyl (C=O) groups is 3. The van der Waals surface area contributed by atoms with Crippen molar-refractivity contribution in [3.8, 4) is 0 Å². The van der Waals surface area contributed by atoms with E-state index in [1.807, 2.05) is 36.1 Å². The normalized spacial score (nSPS) is 20.3. The Bertz CT molecular complexity index is 871. The van der Waals surface area contributed by atoms with Crippen LogP contribution in [0.3, 0.4) is 0 Å². The Balaban J connectivity index is 1.86. The first-order valence-electron chi connectivity index (χ1n) is 11.1. The fourth-order valence-electron chi connectivity index (χ4n) is 4.40. The van der Waals surface area contributed by atoms with Crippen molar-refractivity contribution in [2.24, 2.45) is 0 Å². The van der Waals surface area contributed by atoms with E-state index >= 15 is 0 Å². The van der Waals surface area contributed by atoms with Crippen LogP contribution < -0.4 is 0 Å². The summed E-state index contributed by atoms with van der Waals surface area (Å²) in [6.45, 7) is 11.8. The molecule has 0 N–H and O–H groups in total. The van der Waals surface area contributed by atoms with E-state index in [4.69, 9.17) is 4.74 Å². The van der Waals surface area contributed by atoms with Crippen LogP contribution >= 0.6 is 0 Å². The number of hydrogen-bond donors (Lipinski definition) is 0. The monoisotopic (exact) mass is 427 g/mol. The average Bonchev–Trinajstić information content (AvgIpc) is 2.76. The summed E-state index contributed by atoms with van der Waals surface area (Å²) < 4.78 is 5.33. The predicted octanol–water partition coefficient (Wildman–Crippen LogP) is 2.31. The van der Waals surface area contributed by atoms with Crippen molar-refractivity contribution in [1.29, 1.82) is 0 Å². The average molecular weight is 428 g/mol. The Morgan fingerprint density at radius 3 is 2.42 bits per heavy atom. The first kappa shape index (κ1) is 23.0. The van der Waals surface area contributed by atoms with Crippen molar-refractivity contribution in [3.05, 3.63) is 46.7 Å². The number of ether oxygens (including phenoxy) is 1. The lowest BCUT2D eigenvalue weighted by molar-refractivity contribution is -0.143. The third kappa shape index (κ3) is 5.15. The van der Waals surface area contributed by atoms with Crippen LogP contribution in [0.4, 0.5) is 0 Å². The first-order chi connectivity index (χ1) is 14.8. The molecule has 0 aliphatic carbocycles. The molecule has 0 bridgehead atoms. The largest absolute Gasteiger partial charge is 0.463 e.